The van der Waals surface area contributed by atoms with Gasteiger partial charge in [0, 0.05) is 16.3 Å². The Labute approximate surface area is 111 Å². The molecular formula is C15H16FNS. The molecule has 0 aliphatic heterocycles. The number of nitrogens with two attached hydrogens (primary N) is 1. The Morgan fingerprint density at radius 1 is 1.06 bits per heavy atom. The van der Waals surface area contributed by atoms with Gasteiger partial charge in [-0.3, -0.25) is 0 Å². The fourth-order valence-electron chi connectivity index (χ4n) is 1.71. The summed E-state index contributed by atoms with van der Waals surface area (Å²) < 4.78 is 12.9. The average Bonchev–Trinajstić information content (AvgIpc) is 2.32. The zero-order valence-electron chi connectivity index (χ0n) is 10.5. The highest BCUT2D eigenvalue weighted by Gasteiger charge is 2.03. The Morgan fingerprint density at radius 3 is 2.50 bits per heavy atom. The van der Waals surface area contributed by atoms with Crippen LogP contribution in [0.3, 0.4) is 0 Å². The molecular weight excluding hydrogens is 245 g/mol. The van der Waals surface area contributed by atoms with Gasteiger partial charge in [0.15, 0.2) is 0 Å². The van der Waals surface area contributed by atoms with Crippen molar-refractivity contribution in [3.8, 4) is 0 Å². The second-order valence-electron chi connectivity index (χ2n) is 4.39. The number of benzene rings is 2. The summed E-state index contributed by atoms with van der Waals surface area (Å²) in [6, 6.07) is 11.0. The van der Waals surface area contributed by atoms with Crippen LogP contribution in [-0.4, -0.2) is 0 Å². The molecule has 0 aromatic heterocycles. The molecule has 2 rings (SSSR count). The van der Waals surface area contributed by atoms with E-state index in [0.29, 0.717) is 5.69 Å². The van der Waals surface area contributed by atoms with Crippen molar-refractivity contribution >= 4 is 17.4 Å². The van der Waals surface area contributed by atoms with Gasteiger partial charge in [-0.2, -0.15) is 0 Å². The summed E-state index contributed by atoms with van der Waals surface area (Å²) in [5, 5.41) is 0. The standard InChI is InChI=1S/C15H16FNS/c1-10-3-4-12(7-11(10)2)9-18-15-6-5-13(16)8-14(15)17/h3-8H,9,17H2,1-2H3. The van der Waals surface area contributed by atoms with Crippen molar-refractivity contribution in [1.82, 2.24) is 0 Å². The van der Waals surface area contributed by atoms with Crippen LogP contribution in [0.2, 0.25) is 0 Å². The van der Waals surface area contributed by atoms with Crippen LogP contribution in [-0.2, 0) is 5.75 Å². The Hall–Kier alpha value is -1.48. The molecule has 0 saturated heterocycles. The molecule has 0 aliphatic carbocycles. The summed E-state index contributed by atoms with van der Waals surface area (Å²) in [6.45, 7) is 4.21. The van der Waals surface area contributed by atoms with E-state index in [1.165, 1.54) is 28.8 Å². The van der Waals surface area contributed by atoms with Crippen LogP contribution in [0.15, 0.2) is 41.3 Å². The number of nitrogen functional groups attached to an aromatic ring is 1. The van der Waals surface area contributed by atoms with Gasteiger partial charge in [-0.15, -0.1) is 11.8 Å². The largest absolute Gasteiger partial charge is 0.398 e. The minimum atomic E-state index is -0.289. The van der Waals surface area contributed by atoms with Gasteiger partial charge in [0.1, 0.15) is 5.82 Å². The second-order valence-corrected chi connectivity index (χ2v) is 5.41. The predicted molar refractivity (Wildman–Crippen MR) is 76.3 cm³/mol. The first-order valence-corrected chi connectivity index (χ1v) is 6.79. The molecule has 0 unspecified atom stereocenters. The van der Waals surface area contributed by atoms with E-state index in [1.807, 2.05) is 0 Å². The summed E-state index contributed by atoms with van der Waals surface area (Å²) in [5.41, 5.74) is 10.1. The van der Waals surface area contributed by atoms with Crippen molar-refractivity contribution < 1.29 is 4.39 Å². The van der Waals surface area contributed by atoms with Gasteiger partial charge in [0.2, 0.25) is 0 Å². The number of anilines is 1. The maximum atomic E-state index is 12.9. The van der Waals surface area contributed by atoms with Gasteiger partial charge in [-0.1, -0.05) is 18.2 Å². The summed E-state index contributed by atoms with van der Waals surface area (Å²) in [6.07, 6.45) is 0. The first-order valence-electron chi connectivity index (χ1n) is 5.80. The van der Waals surface area contributed by atoms with Crippen molar-refractivity contribution in [3.63, 3.8) is 0 Å². The maximum Gasteiger partial charge on any atom is 0.125 e. The molecule has 0 spiro atoms. The average molecular weight is 261 g/mol. The molecule has 0 heterocycles. The number of rotatable bonds is 3. The highest BCUT2D eigenvalue weighted by atomic mass is 32.2. The third kappa shape index (κ3) is 3.05. The van der Waals surface area contributed by atoms with Gasteiger partial charge in [0.05, 0.1) is 0 Å². The van der Waals surface area contributed by atoms with Crippen LogP contribution in [0, 0.1) is 19.7 Å². The number of aryl methyl sites for hydroxylation is 2. The quantitative estimate of drug-likeness (QED) is 0.658. The van der Waals surface area contributed by atoms with E-state index in [9.17, 15) is 4.39 Å². The van der Waals surface area contributed by atoms with Crippen LogP contribution in [0.25, 0.3) is 0 Å². The molecule has 94 valence electrons. The number of halogens is 1. The molecule has 3 heteroatoms. The molecule has 0 radical (unpaired) electrons. The summed E-state index contributed by atoms with van der Waals surface area (Å²) in [4.78, 5) is 0.926. The maximum absolute atomic E-state index is 12.9. The monoisotopic (exact) mass is 261 g/mol. The fourth-order valence-corrected chi connectivity index (χ4v) is 2.60. The third-order valence-electron chi connectivity index (χ3n) is 2.94. The lowest BCUT2D eigenvalue weighted by Gasteiger charge is -2.07. The highest BCUT2D eigenvalue weighted by molar-refractivity contribution is 7.98. The van der Waals surface area contributed by atoms with E-state index in [-0.39, 0.29) is 5.82 Å². The van der Waals surface area contributed by atoms with Gasteiger partial charge in [-0.25, -0.2) is 4.39 Å². The zero-order valence-corrected chi connectivity index (χ0v) is 11.4. The molecule has 0 aliphatic rings. The normalized spacial score (nSPS) is 10.6. The lowest BCUT2D eigenvalue weighted by atomic mass is 10.1. The van der Waals surface area contributed by atoms with E-state index >= 15 is 0 Å². The molecule has 0 bridgehead atoms. The molecule has 0 atom stereocenters. The summed E-state index contributed by atoms with van der Waals surface area (Å²) in [7, 11) is 0. The van der Waals surface area contributed by atoms with Gasteiger partial charge in [0.25, 0.3) is 0 Å². The smallest absolute Gasteiger partial charge is 0.125 e. The van der Waals surface area contributed by atoms with Crippen LogP contribution in [0.5, 0.6) is 0 Å². The number of hydrogen-bond donors (Lipinski definition) is 1. The van der Waals surface area contributed by atoms with E-state index in [0.717, 1.165) is 10.6 Å². The number of thioether (sulfide) groups is 1. The van der Waals surface area contributed by atoms with Gasteiger partial charge < -0.3 is 5.73 Å². The molecule has 2 aromatic rings. The third-order valence-corrected chi connectivity index (χ3v) is 4.10. The van der Waals surface area contributed by atoms with Crippen LogP contribution < -0.4 is 5.73 Å². The van der Waals surface area contributed by atoms with Crippen LogP contribution in [0.1, 0.15) is 16.7 Å². The Kier molecular flexibility index (Phi) is 3.92. The Bertz CT molecular complexity index is 566. The second kappa shape index (κ2) is 5.44. The molecule has 2 N–H and O–H groups in total. The Balaban J connectivity index is 2.09. The van der Waals surface area contributed by atoms with Crippen molar-refractivity contribution in [2.45, 2.75) is 24.5 Å². The molecule has 18 heavy (non-hydrogen) atoms. The molecule has 0 fully saturated rings. The van der Waals surface area contributed by atoms with Crippen molar-refractivity contribution in [2.75, 3.05) is 5.73 Å². The fraction of sp³-hybridized carbons (Fsp3) is 0.200. The summed E-state index contributed by atoms with van der Waals surface area (Å²) >= 11 is 1.63. The minimum Gasteiger partial charge on any atom is -0.398 e. The summed E-state index contributed by atoms with van der Waals surface area (Å²) in [5.74, 6) is 0.555. The lowest BCUT2D eigenvalue weighted by molar-refractivity contribution is 0.627. The molecule has 1 nitrogen and oxygen atoms in total. The number of hydrogen-bond acceptors (Lipinski definition) is 2. The van der Waals surface area contributed by atoms with Gasteiger partial charge in [-0.05, 0) is 48.7 Å². The lowest BCUT2D eigenvalue weighted by Crippen LogP contribution is -1.91. The Morgan fingerprint density at radius 2 is 1.83 bits per heavy atom. The first kappa shape index (κ1) is 13.0. The topological polar surface area (TPSA) is 26.0 Å². The van der Waals surface area contributed by atoms with Crippen molar-refractivity contribution in [1.29, 1.82) is 0 Å². The zero-order chi connectivity index (χ0) is 13.1. The molecule has 2 aromatic carbocycles. The van der Waals surface area contributed by atoms with E-state index in [2.05, 4.69) is 32.0 Å². The highest BCUT2D eigenvalue weighted by Crippen LogP contribution is 2.29. The van der Waals surface area contributed by atoms with Crippen LogP contribution in [0.4, 0.5) is 10.1 Å². The first-order chi connectivity index (χ1) is 8.56. The SMILES string of the molecule is Cc1ccc(CSc2ccc(F)cc2N)cc1C. The van der Waals surface area contributed by atoms with E-state index < -0.39 is 0 Å². The van der Waals surface area contributed by atoms with E-state index in [1.54, 1.807) is 17.8 Å². The van der Waals surface area contributed by atoms with Gasteiger partial charge >= 0.3 is 0 Å². The van der Waals surface area contributed by atoms with Crippen molar-refractivity contribution in [3.05, 3.63) is 58.9 Å². The predicted octanol–water partition coefficient (Wildman–Crippen LogP) is 4.32. The molecule has 0 amide bonds. The molecule has 0 saturated carbocycles. The van der Waals surface area contributed by atoms with E-state index in [4.69, 9.17) is 5.73 Å². The van der Waals surface area contributed by atoms with Crippen molar-refractivity contribution in [2.24, 2.45) is 0 Å². The minimum absolute atomic E-state index is 0.289. The van der Waals surface area contributed by atoms with Crippen LogP contribution >= 0.6 is 11.8 Å².